The van der Waals surface area contributed by atoms with Gasteiger partial charge in [0.05, 0.1) is 19.1 Å². The number of carbonyl (C=O) groups excluding carboxylic acids is 1. The molecule has 0 unspecified atom stereocenters. The molecule has 0 saturated carbocycles. The normalized spacial score (nSPS) is 10.5. The first-order chi connectivity index (χ1) is 12.1. The van der Waals surface area contributed by atoms with Crippen LogP contribution in [0.4, 0.5) is 4.39 Å². The molecular weight excluding hydrogens is 321 g/mol. The molecule has 0 spiro atoms. The highest BCUT2D eigenvalue weighted by Crippen LogP contribution is 2.13. The van der Waals surface area contributed by atoms with Crippen molar-refractivity contribution >= 4 is 5.91 Å². The molecule has 0 aliphatic carbocycles. The minimum atomic E-state index is -0.311. The molecule has 5 nitrogen and oxygen atoms in total. The molecule has 0 saturated heterocycles. The predicted octanol–water partition coefficient (Wildman–Crippen LogP) is 3.16. The van der Waals surface area contributed by atoms with Crippen molar-refractivity contribution in [2.75, 3.05) is 20.2 Å². The highest BCUT2D eigenvalue weighted by atomic mass is 19.1. The van der Waals surface area contributed by atoms with Crippen LogP contribution in [0.5, 0.6) is 5.75 Å². The number of aromatic nitrogens is 2. The molecule has 0 bridgehead atoms. The monoisotopic (exact) mass is 339 g/mol. The van der Waals surface area contributed by atoms with Crippen LogP contribution in [0.3, 0.4) is 0 Å². The molecule has 128 valence electrons. The first-order valence-electron chi connectivity index (χ1n) is 7.87. The lowest BCUT2D eigenvalue weighted by atomic mass is 10.3. The molecule has 0 aliphatic rings. The topological polar surface area (TPSA) is 47.4 Å². The molecule has 0 atom stereocenters. The summed E-state index contributed by atoms with van der Waals surface area (Å²) >= 11 is 0. The Labute approximate surface area is 145 Å². The maximum absolute atomic E-state index is 12.9. The van der Waals surface area contributed by atoms with E-state index in [2.05, 4.69) is 4.98 Å². The number of ether oxygens (including phenoxy) is 1. The quantitative estimate of drug-likeness (QED) is 0.693. The number of imidazole rings is 1. The average Bonchev–Trinajstić information content (AvgIpc) is 3.13. The number of carbonyl (C=O) groups is 1. The Morgan fingerprint density at radius 1 is 1.16 bits per heavy atom. The highest BCUT2D eigenvalue weighted by Gasteiger charge is 2.17. The van der Waals surface area contributed by atoms with Crippen molar-refractivity contribution in [3.8, 4) is 11.4 Å². The summed E-state index contributed by atoms with van der Waals surface area (Å²) in [6.45, 7) is 0.712. The number of likely N-dealkylation sites (N-methyl/N-ethyl adjacent to an activating group) is 1. The second kappa shape index (κ2) is 7.61. The van der Waals surface area contributed by atoms with E-state index < -0.39 is 0 Å². The molecule has 0 N–H and O–H groups in total. The molecule has 0 radical (unpaired) electrons. The summed E-state index contributed by atoms with van der Waals surface area (Å²) in [5, 5.41) is 0. The zero-order valence-corrected chi connectivity index (χ0v) is 13.8. The summed E-state index contributed by atoms with van der Waals surface area (Å²) in [5.74, 6) is 0.106. The van der Waals surface area contributed by atoms with E-state index in [0.717, 1.165) is 5.69 Å². The maximum atomic E-state index is 12.9. The van der Waals surface area contributed by atoms with Crippen LogP contribution in [0.25, 0.3) is 5.69 Å². The Kier molecular flexibility index (Phi) is 5.09. The third-order valence-corrected chi connectivity index (χ3v) is 3.75. The van der Waals surface area contributed by atoms with Crippen molar-refractivity contribution in [2.45, 2.75) is 0 Å². The van der Waals surface area contributed by atoms with Crippen molar-refractivity contribution in [3.63, 3.8) is 0 Å². The van der Waals surface area contributed by atoms with E-state index in [0.29, 0.717) is 24.6 Å². The van der Waals surface area contributed by atoms with Crippen LogP contribution in [-0.4, -0.2) is 40.6 Å². The fourth-order valence-corrected chi connectivity index (χ4v) is 2.38. The molecular formula is C19H18FN3O2. The van der Waals surface area contributed by atoms with Gasteiger partial charge in [-0.3, -0.25) is 9.36 Å². The molecule has 1 amide bonds. The molecule has 1 aromatic heterocycles. The van der Waals surface area contributed by atoms with E-state index in [-0.39, 0.29) is 11.7 Å². The van der Waals surface area contributed by atoms with Crippen molar-refractivity contribution in [3.05, 3.63) is 78.6 Å². The summed E-state index contributed by atoms with van der Waals surface area (Å²) in [7, 11) is 1.71. The smallest absolute Gasteiger partial charge is 0.272 e. The van der Waals surface area contributed by atoms with Gasteiger partial charge in [0.2, 0.25) is 0 Å². The maximum Gasteiger partial charge on any atom is 0.272 e. The second-order valence-corrected chi connectivity index (χ2v) is 5.51. The third kappa shape index (κ3) is 4.03. The molecule has 3 aromatic rings. The molecule has 25 heavy (non-hydrogen) atoms. The van der Waals surface area contributed by atoms with Gasteiger partial charge in [-0.05, 0) is 36.4 Å². The molecule has 3 rings (SSSR count). The van der Waals surface area contributed by atoms with Crippen LogP contribution in [-0.2, 0) is 0 Å². The first-order valence-corrected chi connectivity index (χ1v) is 7.87. The summed E-state index contributed by atoms with van der Waals surface area (Å²) in [6.07, 6.45) is 3.16. The van der Waals surface area contributed by atoms with E-state index in [9.17, 15) is 9.18 Å². The molecule has 1 heterocycles. The SMILES string of the molecule is CN(CCOc1ccc(F)cc1)C(=O)c1cncn1-c1ccccc1. The Balaban J connectivity index is 1.61. The molecule has 6 heteroatoms. The fraction of sp³-hybridized carbons (Fsp3) is 0.158. The van der Waals surface area contributed by atoms with Gasteiger partial charge < -0.3 is 9.64 Å². The van der Waals surface area contributed by atoms with Crippen LogP contribution in [0.2, 0.25) is 0 Å². The van der Waals surface area contributed by atoms with Crippen molar-refractivity contribution in [1.82, 2.24) is 14.5 Å². The van der Waals surface area contributed by atoms with E-state index in [1.54, 1.807) is 41.2 Å². The summed E-state index contributed by atoms with van der Waals surface area (Å²) < 4.78 is 20.1. The number of para-hydroxylation sites is 1. The first kappa shape index (κ1) is 16.7. The van der Waals surface area contributed by atoms with E-state index >= 15 is 0 Å². The molecule has 2 aromatic carbocycles. The van der Waals surface area contributed by atoms with Gasteiger partial charge in [-0.2, -0.15) is 0 Å². The van der Waals surface area contributed by atoms with E-state index in [1.165, 1.54) is 12.1 Å². The largest absolute Gasteiger partial charge is 0.492 e. The Bertz CT molecular complexity index is 831. The second-order valence-electron chi connectivity index (χ2n) is 5.51. The fourth-order valence-electron chi connectivity index (χ4n) is 2.38. The highest BCUT2D eigenvalue weighted by molar-refractivity contribution is 5.92. The Morgan fingerprint density at radius 3 is 2.60 bits per heavy atom. The lowest BCUT2D eigenvalue weighted by Gasteiger charge is -2.18. The van der Waals surface area contributed by atoms with Gasteiger partial charge in [0.1, 0.15) is 23.9 Å². The van der Waals surface area contributed by atoms with Crippen molar-refractivity contribution < 1.29 is 13.9 Å². The molecule has 0 fully saturated rings. The van der Waals surface area contributed by atoms with Gasteiger partial charge >= 0.3 is 0 Å². The van der Waals surface area contributed by atoms with Crippen LogP contribution in [0.1, 0.15) is 10.5 Å². The number of halogens is 1. The summed E-state index contributed by atoms with van der Waals surface area (Å²) in [5.41, 5.74) is 1.36. The number of hydrogen-bond acceptors (Lipinski definition) is 3. The van der Waals surface area contributed by atoms with Crippen molar-refractivity contribution in [1.29, 1.82) is 0 Å². The lowest BCUT2D eigenvalue weighted by molar-refractivity contribution is 0.0766. The van der Waals surface area contributed by atoms with Crippen LogP contribution in [0, 0.1) is 5.82 Å². The number of hydrogen-bond donors (Lipinski definition) is 0. The molecule has 0 aliphatic heterocycles. The van der Waals surface area contributed by atoms with Gasteiger partial charge in [0.25, 0.3) is 5.91 Å². The van der Waals surface area contributed by atoms with Gasteiger partial charge in [-0.1, -0.05) is 18.2 Å². The standard InChI is InChI=1S/C19H18FN3O2/c1-22(11-12-25-17-9-7-15(20)8-10-17)19(24)18-13-21-14-23(18)16-5-3-2-4-6-16/h2-10,13-14H,11-12H2,1H3. The predicted molar refractivity (Wildman–Crippen MR) is 92.4 cm³/mol. The average molecular weight is 339 g/mol. The number of rotatable bonds is 6. The zero-order valence-electron chi connectivity index (χ0n) is 13.8. The van der Waals surface area contributed by atoms with Crippen molar-refractivity contribution in [2.24, 2.45) is 0 Å². The Morgan fingerprint density at radius 2 is 1.88 bits per heavy atom. The van der Waals surface area contributed by atoms with Crippen LogP contribution in [0.15, 0.2) is 67.1 Å². The number of nitrogens with zero attached hydrogens (tertiary/aromatic N) is 3. The van der Waals surface area contributed by atoms with E-state index in [4.69, 9.17) is 4.74 Å². The van der Waals surface area contributed by atoms with Gasteiger partial charge in [0, 0.05) is 12.7 Å². The summed E-state index contributed by atoms with van der Waals surface area (Å²) in [6, 6.07) is 15.3. The number of amides is 1. The van der Waals surface area contributed by atoms with Gasteiger partial charge in [-0.25, -0.2) is 9.37 Å². The number of benzene rings is 2. The van der Waals surface area contributed by atoms with Crippen LogP contribution >= 0.6 is 0 Å². The summed E-state index contributed by atoms with van der Waals surface area (Å²) in [4.78, 5) is 18.3. The minimum Gasteiger partial charge on any atom is -0.492 e. The lowest BCUT2D eigenvalue weighted by Crippen LogP contribution is -2.32. The minimum absolute atomic E-state index is 0.149. The van der Waals surface area contributed by atoms with Gasteiger partial charge in [0.15, 0.2) is 0 Å². The zero-order chi connectivity index (χ0) is 17.6. The Hall–Kier alpha value is -3.15. The third-order valence-electron chi connectivity index (χ3n) is 3.75. The van der Waals surface area contributed by atoms with Crippen LogP contribution < -0.4 is 4.74 Å². The van der Waals surface area contributed by atoms with Gasteiger partial charge in [-0.15, -0.1) is 0 Å². The van der Waals surface area contributed by atoms with E-state index in [1.807, 2.05) is 30.3 Å².